The van der Waals surface area contributed by atoms with Crippen LogP contribution in [0.5, 0.6) is 0 Å². The number of aromatic nitrogens is 1. The van der Waals surface area contributed by atoms with Crippen molar-refractivity contribution >= 4 is 34.8 Å². The van der Waals surface area contributed by atoms with Crippen LogP contribution in [0.25, 0.3) is 11.3 Å². The molecule has 0 radical (unpaired) electrons. The van der Waals surface area contributed by atoms with Gasteiger partial charge in [0, 0.05) is 10.9 Å². The van der Waals surface area contributed by atoms with Gasteiger partial charge in [-0.25, -0.2) is 4.98 Å². The molecular formula is C16H20ClN3OS. The van der Waals surface area contributed by atoms with Gasteiger partial charge < -0.3 is 11.1 Å². The highest BCUT2D eigenvalue weighted by molar-refractivity contribution is 7.14. The van der Waals surface area contributed by atoms with E-state index in [1.807, 2.05) is 5.38 Å². The van der Waals surface area contributed by atoms with Crippen LogP contribution in [0.2, 0.25) is 0 Å². The molecule has 4 nitrogen and oxygen atoms in total. The van der Waals surface area contributed by atoms with E-state index in [9.17, 15) is 4.79 Å². The number of nitrogens with zero attached hydrogens (tertiary/aromatic N) is 1. The van der Waals surface area contributed by atoms with E-state index in [-0.39, 0.29) is 18.3 Å². The lowest BCUT2D eigenvalue weighted by Crippen LogP contribution is -2.32. The van der Waals surface area contributed by atoms with Crippen LogP contribution in [-0.2, 0) is 17.6 Å². The maximum atomic E-state index is 11.6. The van der Waals surface area contributed by atoms with E-state index in [1.165, 1.54) is 41.7 Å². The number of benzene rings is 1. The monoisotopic (exact) mass is 337 g/mol. The summed E-state index contributed by atoms with van der Waals surface area (Å²) in [6, 6.07) is 6.04. The summed E-state index contributed by atoms with van der Waals surface area (Å²) in [5, 5.41) is 5.31. The molecular weight excluding hydrogens is 318 g/mol. The van der Waals surface area contributed by atoms with Crippen LogP contribution in [0, 0.1) is 0 Å². The minimum atomic E-state index is -0.527. The Labute approximate surface area is 140 Å². The number of amides is 1. The molecule has 3 N–H and O–H groups in total. The molecule has 1 aromatic heterocycles. The molecule has 1 aromatic carbocycles. The second-order valence-electron chi connectivity index (χ2n) is 5.51. The third-order valence-electron chi connectivity index (χ3n) is 3.79. The first-order valence-electron chi connectivity index (χ1n) is 7.27. The molecule has 1 atom stereocenters. The Morgan fingerprint density at radius 1 is 1.32 bits per heavy atom. The molecule has 3 rings (SSSR count). The molecule has 1 heterocycles. The number of aryl methyl sites for hydroxylation is 2. The highest BCUT2D eigenvalue weighted by Gasteiger charge is 2.13. The summed E-state index contributed by atoms with van der Waals surface area (Å²) >= 11 is 1.43. The van der Waals surface area contributed by atoms with Crippen molar-refractivity contribution in [2.24, 2.45) is 5.73 Å². The number of hydrogen-bond donors (Lipinski definition) is 2. The molecule has 0 spiro atoms. The summed E-state index contributed by atoms with van der Waals surface area (Å²) in [6.07, 6.45) is 4.89. The molecule has 0 bridgehead atoms. The quantitative estimate of drug-likeness (QED) is 0.902. The van der Waals surface area contributed by atoms with Gasteiger partial charge >= 0.3 is 0 Å². The van der Waals surface area contributed by atoms with Crippen molar-refractivity contribution in [3.05, 3.63) is 34.7 Å². The normalized spacial score (nSPS) is 14.6. The summed E-state index contributed by atoms with van der Waals surface area (Å²) in [6.45, 7) is 1.66. The number of hydrogen-bond acceptors (Lipinski definition) is 4. The molecule has 118 valence electrons. The van der Waals surface area contributed by atoms with Crippen molar-refractivity contribution in [1.29, 1.82) is 0 Å². The van der Waals surface area contributed by atoms with Crippen molar-refractivity contribution in [2.75, 3.05) is 5.32 Å². The number of nitrogens with one attached hydrogen (secondary N) is 1. The fourth-order valence-corrected chi connectivity index (χ4v) is 3.30. The average molecular weight is 338 g/mol. The van der Waals surface area contributed by atoms with Gasteiger partial charge in [-0.3, -0.25) is 4.79 Å². The Kier molecular flexibility index (Phi) is 5.56. The van der Waals surface area contributed by atoms with Gasteiger partial charge in [0.1, 0.15) is 0 Å². The Bertz CT molecular complexity index is 669. The fourth-order valence-electron chi connectivity index (χ4n) is 2.58. The van der Waals surface area contributed by atoms with Gasteiger partial charge in [0.2, 0.25) is 5.91 Å². The van der Waals surface area contributed by atoms with Crippen LogP contribution in [0.3, 0.4) is 0 Å². The summed E-state index contributed by atoms with van der Waals surface area (Å²) in [7, 11) is 0. The molecule has 1 amide bonds. The van der Waals surface area contributed by atoms with Gasteiger partial charge in [0.15, 0.2) is 5.13 Å². The van der Waals surface area contributed by atoms with Crippen molar-refractivity contribution < 1.29 is 4.79 Å². The zero-order chi connectivity index (χ0) is 14.8. The van der Waals surface area contributed by atoms with Gasteiger partial charge in [0.25, 0.3) is 0 Å². The van der Waals surface area contributed by atoms with E-state index >= 15 is 0 Å². The van der Waals surface area contributed by atoms with E-state index in [0.717, 1.165) is 17.7 Å². The zero-order valence-electron chi connectivity index (χ0n) is 12.5. The number of fused-ring (bicyclic) bond motifs is 1. The number of anilines is 1. The van der Waals surface area contributed by atoms with Crippen LogP contribution in [0.15, 0.2) is 23.6 Å². The van der Waals surface area contributed by atoms with Crippen LogP contribution in [-0.4, -0.2) is 16.9 Å². The van der Waals surface area contributed by atoms with E-state index in [0.29, 0.717) is 5.13 Å². The summed E-state index contributed by atoms with van der Waals surface area (Å²) in [5.74, 6) is -0.207. The van der Waals surface area contributed by atoms with E-state index in [4.69, 9.17) is 5.73 Å². The van der Waals surface area contributed by atoms with Crippen LogP contribution in [0.1, 0.15) is 30.9 Å². The second kappa shape index (κ2) is 7.22. The van der Waals surface area contributed by atoms with Crippen molar-refractivity contribution in [2.45, 2.75) is 38.6 Å². The summed E-state index contributed by atoms with van der Waals surface area (Å²) in [5.41, 5.74) is 10.5. The minimum Gasteiger partial charge on any atom is -0.320 e. The molecule has 6 heteroatoms. The summed E-state index contributed by atoms with van der Waals surface area (Å²) in [4.78, 5) is 16.1. The van der Waals surface area contributed by atoms with E-state index < -0.39 is 6.04 Å². The lowest BCUT2D eigenvalue weighted by molar-refractivity contribution is -0.117. The molecule has 0 fully saturated rings. The highest BCUT2D eigenvalue weighted by atomic mass is 35.5. The molecule has 22 heavy (non-hydrogen) atoms. The van der Waals surface area contributed by atoms with Gasteiger partial charge in [-0.2, -0.15) is 0 Å². The molecule has 1 aliphatic rings. The molecule has 0 aliphatic heterocycles. The summed E-state index contributed by atoms with van der Waals surface area (Å²) < 4.78 is 0. The SMILES string of the molecule is C[C@H](N)C(=O)Nc1nc(-c2ccc3c(c2)CCCC3)cs1.Cl. The third kappa shape index (κ3) is 3.66. The minimum absolute atomic E-state index is 0. The fraction of sp³-hybridized carbons (Fsp3) is 0.375. The van der Waals surface area contributed by atoms with Crippen molar-refractivity contribution in [3.63, 3.8) is 0 Å². The lowest BCUT2D eigenvalue weighted by Gasteiger charge is -2.16. The van der Waals surface area contributed by atoms with Crippen LogP contribution in [0.4, 0.5) is 5.13 Å². The first-order valence-corrected chi connectivity index (χ1v) is 8.15. The molecule has 2 aromatic rings. The number of nitrogens with two attached hydrogens (primary N) is 1. The van der Waals surface area contributed by atoms with Crippen molar-refractivity contribution in [1.82, 2.24) is 4.98 Å². The first kappa shape index (κ1) is 16.9. The number of thiazole rings is 1. The standard InChI is InChI=1S/C16H19N3OS.ClH/c1-10(17)15(20)19-16-18-14(9-21-16)13-7-6-11-4-2-3-5-12(11)8-13;/h6-10H,2-5,17H2,1H3,(H,18,19,20);1H/t10-;/m0./s1. The van der Waals surface area contributed by atoms with Gasteiger partial charge in [-0.15, -0.1) is 23.7 Å². The average Bonchev–Trinajstić information content (AvgIpc) is 2.95. The molecule has 0 saturated carbocycles. The van der Waals surface area contributed by atoms with Crippen molar-refractivity contribution in [3.8, 4) is 11.3 Å². The van der Waals surface area contributed by atoms with E-state index in [2.05, 4.69) is 28.5 Å². The van der Waals surface area contributed by atoms with E-state index in [1.54, 1.807) is 6.92 Å². The first-order chi connectivity index (χ1) is 10.1. The maximum Gasteiger partial charge on any atom is 0.242 e. The third-order valence-corrected chi connectivity index (χ3v) is 4.55. The van der Waals surface area contributed by atoms with Crippen LogP contribution < -0.4 is 11.1 Å². The Balaban J connectivity index is 0.00000176. The number of carbonyl (C=O) groups is 1. The Morgan fingerprint density at radius 2 is 2.05 bits per heavy atom. The van der Waals surface area contributed by atoms with Gasteiger partial charge in [-0.1, -0.05) is 12.1 Å². The Morgan fingerprint density at radius 3 is 2.77 bits per heavy atom. The van der Waals surface area contributed by atoms with Gasteiger partial charge in [0.05, 0.1) is 11.7 Å². The second-order valence-corrected chi connectivity index (χ2v) is 6.36. The lowest BCUT2D eigenvalue weighted by atomic mass is 9.90. The predicted molar refractivity (Wildman–Crippen MR) is 93.7 cm³/mol. The topological polar surface area (TPSA) is 68.0 Å². The Hall–Kier alpha value is -1.43. The number of halogens is 1. The maximum absolute atomic E-state index is 11.6. The number of rotatable bonds is 3. The molecule has 0 saturated heterocycles. The number of carbonyl (C=O) groups excluding carboxylic acids is 1. The van der Waals surface area contributed by atoms with Gasteiger partial charge in [-0.05, 0) is 49.8 Å². The zero-order valence-corrected chi connectivity index (χ0v) is 14.1. The highest BCUT2D eigenvalue weighted by Crippen LogP contribution is 2.29. The largest absolute Gasteiger partial charge is 0.320 e. The molecule has 0 unspecified atom stereocenters. The predicted octanol–water partition coefficient (Wildman–Crippen LogP) is 3.40. The smallest absolute Gasteiger partial charge is 0.242 e. The van der Waals surface area contributed by atoms with Crippen LogP contribution >= 0.6 is 23.7 Å². The molecule has 1 aliphatic carbocycles.